The Labute approximate surface area is 142 Å². The third-order valence-electron chi connectivity index (χ3n) is 6.71. The minimum atomic E-state index is -1.56. The molecule has 24 heavy (non-hydrogen) atoms. The number of aliphatic carboxylic acids is 1. The Balaban J connectivity index is 2.23. The second-order valence-electron chi connectivity index (χ2n) is 8.12. The number of carbonyl (C=O) groups excluding carboxylic acids is 1. The van der Waals surface area contributed by atoms with Gasteiger partial charge < -0.3 is 10.2 Å². The zero-order valence-electron chi connectivity index (χ0n) is 14.8. The van der Waals surface area contributed by atoms with E-state index in [4.69, 9.17) is 0 Å². The summed E-state index contributed by atoms with van der Waals surface area (Å²) in [4.78, 5) is 24.9. The van der Waals surface area contributed by atoms with Crippen molar-refractivity contribution >= 4 is 11.8 Å². The molecule has 0 saturated heterocycles. The van der Waals surface area contributed by atoms with Crippen molar-refractivity contribution in [2.75, 3.05) is 0 Å². The maximum absolute atomic E-state index is 12.9. The van der Waals surface area contributed by atoms with Crippen LogP contribution in [0.4, 0.5) is 0 Å². The molecule has 0 amide bonds. The van der Waals surface area contributed by atoms with Gasteiger partial charge in [-0.05, 0) is 55.7 Å². The number of carboxylic acids is 1. The quantitative estimate of drug-likeness (QED) is 0.873. The highest BCUT2D eigenvalue weighted by atomic mass is 16.4. The summed E-state index contributed by atoms with van der Waals surface area (Å²) in [5, 5.41) is 21.3. The van der Waals surface area contributed by atoms with Crippen molar-refractivity contribution in [3.63, 3.8) is 0 Å². The van der Waals surface area contributed by atoms with Crippen LogP contribution in [0.15, 0.2) is 18.2 Å². The molecule has 1 fully saturated rings. The summed E-state index contributed by atoms with van der Waals surface area (Å²) in [6.45, 7) is 7.57. The highest BCUT2D eigenvalue weighted by molar-refractivity contribution is 5.96. The molecule has 0 spiro atoms. The summed E-state index contributed by atoms with van der Waals surface area (Å²) in [6.07, 6.45) is 1.27. The van der Waals surface area contributed by atoms with E-state index >= 15 is 0 Å². The van der Waals surface area contributed by atoms with Crippen LogP contribution in [0.25, 0.3) is 0 Å². The summed E-state index contributed by atoms with van der Waals surface area (Å²) in [5.74, 6) is -0.691. The van der Waals surface area contributed by atoms with Crippen molar-refractivity contribution in [3.8, 4) is 0 Å². The fraction of sp³-hybridized carbons (Fsp3) is 0.600. The lowest BCUT2D eigenvalue weighted by atomic mass is 9.46. The molecule has 0 radical (unpaired) electrons. The average Bonchev–Trinajstić information content (AvgIpc) is 2.53. The summed E-state index contributed by atoms with van der Waals surface area (Å²) >= 11 is 0. The number of hydrogen-bond donors (Lipinski definition) is 2. The van der Waals surface area contributed by atoms with Crippen molar-refractivity contribution in [1.82, 2.24) is 0 Å². The molecule has 0 unspecified atom stereocenters. The Morgan fingerprint density at radius 1 is 1.17 bits per heavy atom. The highest BCUT2D eigenvalue weighted by Gasteiger charge is 2.68. The molecule has 2 aliphatic rings. The van der Waals surface area contributed by atoms with E-state index in [1.807, 2.05) is 12.1 Å². The van der Waals surface area contributed by atoms with Crippen LogP contribution < -0.4 is 0 Å². The Morgan fingerprint density at radius 2 is 1.83 bits per heavy atom. The first-order chi connectivity index (χ1) is 11.1. The Kier molecular flexibility index (Phi) is 3.69. The van der Waals surface area contributed by atoms with E-state index in [0.717, 1.165) is 11.1 Å². The van der Waals surface area contributed by atoms with Crippen LogP contribution >= 0.6 is 0 Å². The molecule has 1 saturated carbocycles. The molecule has 4 heteroatoms. The molecular weight excluding hydrogens is 304 g/mol. The van der Waals surface area contributed by atoms with E-state index in [0.29, 0.717) is 18.8 Å². The first-order valence-corrected chi connectivity index (χ1v) is 8.70. The highest BCUT2D eigenvalue weighted by Crippen LogP contribution is 2.58. The lowest BCUT2D eigenvalue weighted by Gasteiger charge is -2.58. The second-order valence-corrected chi connectivity index (χ2v) is 8.12. The van der Waals surface area contributed by atoms with Gasteiger partial charge in [0.2, 0.25) is 0 Å². The Morgan fingerprint density at radius 3 is 2.42 bits per heavy atom. The van der Waals surface area contributed by atoms with Crippen LogP contribution in [0, 0.1) is 5.41 Å². The number of aliphatic hydroxyl groups is 1. The summed E-state index contributed by atoms with van der Waals surface area (Å²) in [6, 6.07) is 6.05. The molecule has 1 aromatic rings. The van der Waals surface area contributed by atoms with E-state index in [1.54, 1.807) is 13.8 Å². The molecule has 2 aliphatic carbocycles. The van der Waals surface area contributed by atoms with Crippen molar-refractivity contribution in [3.05, 3.63) is 34.9 Å². The van der Waals surface area contributed by atoms with Gasteiger partial charge in [-0.25, -0.2) is 0 Å². The summed E-state index contributed by atoms with van der Waals surface area (Å²) < 4.78 is 0. The zero-order chi connectivity index (χ0) is 17.9. The number of fused-ring (bicyclic) bond motifs is 3. The molecule has 3 atom stereocenters. The molecule has 0 bridgehead atoms. The fourth-order valence-corrected chi connectivity index (χ4v) is 4.77. The van der Waals surface area contributed by atoms with E-state index in [9.17, 15) is 19.8 Å². The first kappa shape index (κ1) is 17.2. The number of rotatable bonds is 2. The van der Waals surface area contributed by atoms with E-state index < -0.39 is 22.4 Å². The SMILES string of the molecule is CC(C)c1ccc2c(c1)CC[C@@]1(O)[C@](C)(C(=O)O)CCC(=O)[C@]21C. The van der Waals surface area contributed by atoms with Crippen molar-refractivity contribution in [2.45, 2.75) is 70.3 Å². The van der Waals surface area contributed by atoms with Crippen molar-refractivity contribution in [1.29, 1.82) is 0 Å². The molecule has 0 aromatic heterocycles. The predicted octanol–water partition coefficient (Wildman–Crippen LogP) is 3.20. The molecule has 0 heterocycles. The van der Waals surface area contributed by atoms with Gasteiger partial charge in [-0.3, -0.25) is 9.59 Å². The lowest BCUT2D eigenvalue weighted by Crippen LogP contribution is -2.70. The molecule has 4 nitrogen and oxygen atoms in total. The van der Waals surface area contributed by atoms with Gasteiger partial charge in [-0.2, -0.15) is 0 Å². The summed E-state index contributed by atoms with van der Waals surface area (Å²) in [7, 11) is 0. The van der Waals surface area contributed by atoms with Gasteiger partial charge >= 0.3 is 5.97 Å². The van der Waals surface area contributed by atoms with Gasteiger partial charge in [0.05, 0.1) is 16.4 Å². The van der Waals surface area contributed by atoms with Crippen LogP contribution in [-0.4, -0.2) is 27.6 Å². The molecule has 0 aliphatic heterocycles. The number of benzene rings is 1. The van der Waals surface area contributed by atoms with Gasteiger partial charge in [0.1, 0.15) is 5.78 Å². The second kappa shape index (κ2) is 5.16. The van der Waals surface area contributed by atoms with Crippen LogP contribution in [0.5, 0.6) is 0 Å². The summed E-state index contributed by atoms with van der Waals surface area (Å²) in [5.41, 5.74) is -0.972. The van der Waals surface area contributed by atoms with Crippen molar-refractivity contribution in [2.24, 2.45) is 5.41 Å². The third-order valence-corrected chi connectivity index (χ3v) is 6.71. The number of Topliss-reactive ketones (excluding diaryl/α,β-unsaturated/α-hetero) is 1. The van der Waals surface area contributed by atoms with E-state index in [-0.39, 0.29) is 18.6 Å². The van der Waals surface area contributed by atoms with Gasteiger partial charge in [0.15, 0.2) is 0 Å². The zero-order valence-corrected chi connectivity index (χ0v) is 14.8. The van der Waals surface area contributed by atoms with Crippen LogP contribution in [0.1, 0.15) is 69.6 Å². The molecule has 2 N–H and O–H groups in total. The standard InChI is InChI=1S/C20H26O4/c1-12(2)13-5-6-15-14(11-13)7-10-20(24)18(3,17(22)23)9-8-16(21)19(15,20)4/h5-6,11-12,24H,7-10H2,1-4H3,(H,22,23)/t18-,19-,20+/m0/s1. The van der Waals surface area contributed by atoms with Crippen LogP contribution in [-0.2, 0) is 21.4 Å². The lowest BCUT2D eigenvalue weighted by molar-refractivity contribution is -0.195. The number of ketones is 1. The smallest absolute Gasteiger partial charge is 0.312 e. The minimum Gasteiger partial charge on any atom is -0.481 e. The van der Waals surface area contributed by atoms with E-state index in [2.05, 4.69) is 19.9 Å². The van der Waals surface area contributed by atoms with Gasteiger partial charge in [-0.1, -0.05) is 32.0 Å². The average molecular weight is 330 g/mol. The van der Waals surface area contributed by atoms with Crippen molar-refractivity contribution < 1.29 is 19.8 Å². The molecule has 130 valence electrons. The molecular formula is C20H26O4. The number of carbonyl (C=O) groups is 2. The normalized spacial score (nSPS) is 35.5. The number of hydrogen-bond acceptors (Lipinski definition) is 3. The first-order valence-electron chi connectivity index (χ1n) is 8.70. The van der Waals surface area contributed by atoms with Crippen LogP contribution in [0.2, 0.25) is 0 Å². The third kappa shape index (κ3) is 1.89. The monoisotopic (exact) mass is 330 g/mol. The van der Waals surface area contributed by atoms with Gasteiger partial charge in [-0.15, -0.1) is 0 Å². The van der Waals surface area contributed by atoms with E-state index in [1.165, 1.54) is 5.56 Å². The topological polar surface area (TPSA) is 74.6 Å². The molecule has 3 rings (SSSR count). The molecule has 1 aromatic carbocycles. The Bertz CT molecular complexity index is 722. The maximum Gasteiger partial charge on any atom is 0.312 e. The Hall–Kier alpha value is -1.68. The fourth-order valence-electron chi connectivity index (χ4n) is 4.77. The van der Waals surface area contributed by atoms with Gasteiger partial charge in [0.25, 0.3) is 0 Å². The predicted molar refractivity (Wildman–Crippen MR) is 91.1 cm³/mol. The van der Waals surface area contributed by atoms with Crippen LogP contribution in [0.3, 0.4) is 0 Å². The maximum atomic E-state index is 12.9. The van der Waals surface area contributed by atoms with Gasteiger partial charge in [0, 0.05) is 6.42 Å². The number of aryl methyl sites for hydroxylation is 1. The minimum absolute atomic E-state index is 0.0537. The largest absolute Gasteiger partial charge is 0.481 e. The number of carboxylic acid groups (broad SMARTS) is 1.